The molecule has 2 N–H and O–H groups in total. The molecule has 0 bridgehead atoms. The minimum atomic E-state index is -0.626. The normalized spacial score (nSPS) is 20.0. The number of nitrogens with one attached hydrogen (secondary N) is 1. The van der Waals surface area contributed by atoms with Gasteiger partial charge in [-0.25, -0.2) is 4.79 Å². The zero-order valence-electron chi connectivity index (χ0n) is 26.2. The lowest BCUT2D eigenvalue weighted by Gasteiger charge is -2.43. The van der Waals surface area contributed by atoms with Crippen LogP contribution in [0.25, 0.3) is 0 Å². The van der Waals surface area contributed by atoms with Gasteiger partial charge in [0, 0.05) is 44.7 Å². The van der Waals surface area contributed by atoms with Crippen molar-refractivity contribution in [2.45, 2.75) is 117 Å². The molecule has 2 heterocycles. The van der Waals surface area contributed by atoms with E-state index in [4.69, 9.17) is 4.74 Å². The van der Waals surface area contributed by atoms with Crippen molar-refractivity contribution < 1.29 is 29.0 Å². The van der Waals surface area contributed by atoms with Crippen molar-refractivity contribution in [1.82, 2.24) is 20.0 Å². The Labute approximate surface area is 250 Å². The number of benzene rings is 1. The topological polar surface area (TPSA) is 119 Å². The summed E-state index contributed by atoms with van der Waals surface area (Å²) in [5.41, 5.74) is 1.29. The molecule has 42 heavy (non-hydrogen) atoms. The van der Waals surface area contributed by atoms with E-state index in [9.17, 15) is 24.3 Å². The Morgan fingerprint density at radius 2 is 1.81 bits per heavy atom. The van der Waals surface area contributed by atoms with E-state index < -0.39 is 17.6 Å². The second-order valence-corrected chi connectivity index (χ2v) is 13.1. The molecule has 1 unspecified atom stereocenters. The van der Waals surface area contributed by atoms with Gasteiger partial charge in [-0.3, -0.25) is 24.6 Å². The number of hydrogen-bond acceptors (Lipinski definition) is 7. The summed E-state index contributed by atoms with van der Waals surface area (Å²) in [5.74, 6) is 0.134. The molecule has 3 fully saturated rings. The van der Waals surface area contributed by atoms with Crippen LogP contribution in [0.3, 0.4) is 0 Å². The number of phenolic OH excluding ortho intramolecular Hbond substituents is 1. The quantitative estimate of drug-likeness (QED) is 0.343. The van der Waals surface area contributed by atoms with Crippen molar-refractivity contribution in [3.8, 4) is 5.75 Å². The highest BCUT2D eigenvalue weighted by molar-refractivity contribution is 6.00. The highest BCUT2D eigenvalue weighted by Crippen LogP contribution is 2.29. The highest BCUT2D eigenvalue weighted by Gasteiger charge is 2.33. The van der Waals surface area contributed by atoms with Gasteiger partial charge in [-0.2, -0.15) is 0 Å². The number of ether oxygens (including phenoxy) is 1. The number of amides is 4. The SMILES string of the molecule is CC(C)N(CC1CCN(C(=O)OC(C)(C)C)CC1)C1CCC1.Cc1cc(O)ccc1CN(C=O)C1CCC(=O)NC1=O. The summed E-state index contributed by atoms with van der Waals surface area (Å²) < 4.78 is 5.47. The van der Waals surface area contributed by atoms with Gasteiger partial charge in [0.2, 0.25) is 18.2 Å². The summed E-state index contributed by atoms with van der Waals surface area (Å²) in [7, 11) is 0. The standard InChI is InChI=1S/C18H34N2O2.C14H16N2O4/c1-14(2)20(16-7-6-8-16)13-15-9-11-19(12-10-15)17(21)22-18(3,4)5;1-9-6-11(18)3-2-10(9)7-16(8-17)12-4-5-13(19)15-14(12)20/h14-16H,6-13H2,1-5H3;2-3,6,8,12,18H,4-5,7H2,1H3,(H,15,19,20). The van der Waals surface area contributed by atoms with E-state index in [0.717, 1.165) is 49.0 Å². The fraction of sp³-hybridized carbons (Fsp3) is 0.688. The van der Waals surface area contributed by atoms with E-state index in [1.165, 1.54) is 36.8 Å². The van der Waals surface area contributed by atoms with Gasteiger partial charge in [-0.15, -0.1) is 0 Å². The van der Waals surface area contributed by atoms with E-state index in [2.05, 4.69) is 24.1 Å². The van der Waals surface area contributed by atoms with Crippen molar-refractivity contribution in [2.75, 3.05) is 19.6 Å². The van der Waals surface area contributed by atoms with Gasteiger partial charge < -0.3 is 19.6 Å². The first-order chi connectivity index (χ1) is 19.8. The molecule has 1 atom stereocenters. The monoisotopic (exact) mass is 586 g/mol. The summed E-state index contributed by atoms with van der Waals surface area (Å²) in [6.45, 7) is 15.4. The van der Waals surface area contributed by atoms with Crippen LogP contribution in [0.1, 0.15) is 90.7 Å². The maximum Gasteiger partial charge on any atom is 0.410 e. The Balaban J connectivity index is 0.000000231. The number of aromatic hydroxyl groups is 1. The summed E-state index contributed by atoms with van der Waals surface area (Å²) >= 11 is 0. The number of aryl methyl sites for hydroxylation is 1. The predicted molar refractivity (Wildman–Crippen MR) is 161 cm³/mol. The number of phenols is 1. The second kappa shape index (κ2) is 14.8. The first-order valence-corrected chi connectivity index (χ1v) is 15.3. The zero-order valence-corrected chi connectivity index (χ0v) is 26.2. The van der Waals surface area contributed by atoms with Gasteiger partial charge in [0.05, 0.1) is 0 Å². The molecule has 2 aliphatic heterocycles. The number of imide groups is 1. The third-order valence-electron chi connectivity index (χ3n) is 8.37. The molecule has 0 aromatic heterocycles. The molecular weight excluding hydrogens is 536 g/mol. The number of carbonyl (C=O) groups excluding carboxylic acids is 4. The Bertz CT molecular complexity index is 1090. The Morgan fingerprint density at radius 1 is 1.14 bits per heavy atom. The minimum Gasteiger partial charge on any atom is -0.508 e. The van der Waals surface area contributed by atoms with E-state index >= 15 is 0 Å². The molecule has 1 aromatic rings. The number of nitrogens with zero attached hydrogens (tertiary/aromatic N) is 3. The third kappa shape index (κ3) is 9.71. The van der Waals surface area contributed by atoms with Crippen LogP contribution in [0, 0.1) is 12.8 Å². The van der Waals surface area contributed by atoms with Crippen LogP contribution in [0.15, 0.2) is 18.2 Å². The molecule has 1 saturated carbocycles. The molecule has 4 amide bonds. The number of hydrogen-bond donors (Lipinski definition) is 2. The van der Waals surface area contributed by atoms with Crippen LogP contribution in [0.2, 0.25) is 0 Å². The van der Waals surface area contributed by atoms with E-state index in [1.807, 2.05) is 32.6 Å². The molecule has 10 nitrogen and oxygen atoms in total. The maximum absolute atomic E-state index is 12.1. The van der Waals surface area contributed by atoms with E-state index in [1.54, 1.807) is 12.1 Å². The lowest BCUT2D eigenvalue weighted by atomic mass is 9.88. The van der Waals surface area contributed by atoms with Crippen LogP contribution in [-0.4, -0.2) is 87.5 Å². The summed E-state index contributed by atoms with van der Waals surface area (Å²) in [5, 5.41) is 11.6. The molecule has 1 aliphatic carbocycles. The lowest BCUT2D eigenvalue weighted by molar-refractivity contribution is -0.141. The fourth-order valence-electron chi connectivity index (χ4n) is 5.70. The Morgan fingerprint density at radius 3 is 2.31 bits per heavy atom. The molecule has 2 saturated heterocycles. The van der Waals surface area contributed by atoms with Crippen LogP contribution in [0.5, 0.6) is 5.75 Å². The molecular formula is C32H50N4O6. The minimum absolute atomic E-state index is 0.148. The van der Waals surface area contributed by atoms with Gasteiger partial charge in [-0.1, -0.05) is 12.5 Å². The average Bonchev–Trinajstić information content (AvgIpc) is 2.87. The van der Waals surface area contributed by atoms with Crippen molar-refractivity contribution in [1.29, 1.82) is 0 Å². The van der Waals surface area contributed by atoms with Crippen LogP contribution < -0.4 is 5.32 Å². The molecule has 3 aliphatic rings. The van der Waals surface area contributed by atoms with Crippen LogP contribution in [-0.2, 0) is 25.7 Å². The number of carbonyl (C=O) groups is 4. The van der Waals surface area contributed by atoms with Crippen molar-refractivity contribution in [3.05, 3.63) is 29.3 Å². The molecule has 0 radical (unpaired) electrons. The van der Waals surface area contributed by atoms with Crippen LogP contribution in [0.4, 0.5) is 4.79 Å². The zero-order chi connectivity index (χ0) is 31.0. The molecule has 234 valence electrons. The average molecular weight is 587 g/mol. The van der Waals surface area contributed by atoms with Gasteiger partial charge in [0.1, 0.15) is 17.4 Å². The maximum atomic E-state index is 12.1. The Kier molecular flexibility index (Phi) is 11.8. The smallest absolute Gasteiger partial charge is 0.410 e. The third-order valence-corrected chi connectivity index (χ3v) is 8.37. The fourth-order valence-corrected chi connectivity index (χ4v) is 5.70. The summed E-state index contributed by atoms with van der Waals surface area (Å²) in [6.07, 6.45) is 7.38. The molecule has 10 heteroatoms. The van der Waals surface area contributed by atoms with Gasteiger partial charge in [0.15, 0.2) is 0 Å². The number of piperidine rings is 2. The van der Waals surface area contributed by atoms with Gasteiger partial charge in [0.25, 0.3) is 0 Å². The number of likely N-dealkylation sites (tertiary alicyclic amines) is 1. The lowest BCUT2D eigenvalue weighted by Crippen LogP contribution is -2.51. The summed E-state index contributed by atoms with van der Waals surface area (Å²) in [6, 6.07) is 5.67. The highest BCUT2D eigenvalue weighted by atomic mass is 16.6. The van der Waals surface area contributed by atoms with Gasteiger partial charge >= 0.3 is 6.09 Å². The number of rotatable bonds is 8. The van der Waals surface area contributed by atoms with Crippen molar-refractivity contribution in [2.24, 2.45) is 5.92 Å². The molecule has 4 rings (SSSR count). The largest absolute Gasteiger partial charge is 0.508 e. The predicted octanol–water partition coefficient (Wildman–Crippen LogP) is 4.36. The second-order valence-electron chi connectivity index (χ2n) is 13.1. The van der Waals surface area contributed by atoms with Crippen molar-refractivity contribution in [3.63, 3.8) is 0 Å². The molecule has 0 spiro atoms. The molecule has 1 aromatic carbocycles. The van der Waals surface area contributed by atoms with Crippen molar-refractivity contribution >= 4 is 24.3 Å². The van der Waals surface area contributed by atoms with E-state index in [-0.39, 0.29) is 30.7 Å². The Hall–Kier alpha value is -3.14. The summed E-state index contributed by atoms with van der Waals surface area (Å²) in [4.78, 5) is 52.2. The van der Waals surface area contributed by atoms with E-state index in [0.29, 0.717) is 18.9 Å². The first-order valence-electron chi connectivity index (χ1n) is 15.3. The van der Waals surface area contributed by atoms with Crippen LogP contribution >= 0.6 is 0 Å². The first kappa shape index (κ1) is 33.4. The van der Waals surface area contributed by atoms with Gasteiger partial charge in [-0.05, 0) is 103 Å².